The molecule has 0 fully saturated rings. The fourth-order valence-corrected chi connectivity index (χ4v) is 3.24. The van der Waals surface area contributed by atoms with Crippen LogP contribution >= 0.6 is 11.8 Å². The van der Waals surface area contributed by atoms with Crippen molar-refractivity contribution in [3.05, 3.63) is 57.3 Å². The first-order valence-corrected chi connectivity index (χ1v) is 8.52. The number of nitrogens with zero attached hydrogens (tertiary/aromatic N) is 2. The lowest BCUT2D eigenvalue weighted by Crippen LogP contribution is -2.09. The number of nitrogens with one attached hydrogen (secondary N) is 1. The predicted octanol–water partition coefficient (Wildman–Crippen LogP) is 3.88. The van der Waals surface area contributed by atoms with Gasteiger partial charge in [0, 0.05) is 47.8 Å². The molecule has 126 valence electrons. The number of nitro groups is 1. The van der Waals surface area contributed by atoms with Crippen molar-refractivity contribution in [1.82, 2.24) is 4.98 Å². The Morgan fingerprint density at radius 1 is 1.38 bits per heavy atom. The summed E-state index contributed by atoms with van der Waals surface area (Å²) in [5, 5.41) is 13.9. The molecule has 1 N–H and O–H groups in total. The third-order valence-corrected chi connectivity index (χ3v) is 4.40. The van der Waals surface area contributed by atoms with Crippen molar-refractivity contribution in [2.45, 2.75) is 25.2 Å². The largest absolute Gasteiger partial charge is 0.373 e. The van der Waals surface area contributed by atoms with Gasteiger partial charge in [-0.3, -0.25) is 14.9 Å². The number of hydrogen-bond donors (Lipinski definition) is 1. The molecule has 24 heavy (non-hydrogen) atoms. The molecule has 0 spiro atoms. The molecule has 6 nitrogen and oxygen atoms in total. The second kappa shape index (κ2) is 7.92. The summed E-state index contributed by atoms with van der Waals surface area (Å²) in [5.74, 6) is 1.32. The van der Waals surface area contributed by atoms with Gasteiger partial charge in [0.15, 0.2) is 5.78 Å². The second-order valence-corrected chi connectivity index (χ2v) is 6.55. The minimum atomic E-state index is -0.447. The van der Waals surface area contributed by atoms with Gasteiger partial charge in [0.2, 0.25) is 0 Å². The molecule has 1 aromatic carbocycles. The van der Waals surface area contributed by atoms with Crippen molar-refractivity contribution < 1.29 is 9.72 Å². The summed E-state index contributed by atoms with van der Waals surface area (Å²) in [6.45, 7) is 3.87. The van der Waals surface area contributed by atoms with Crippen LogP contribution in [0.2, 0.25) is 0 Å². The van der Waals surface area contributed by atoms with Gasteiger partial charge in [-0.2, -0.15) is 0 Å². The molecule has 2 aromatic rings. The van der Waals surface area contributed by atoms with Crippen LogP contribution in [-0.4, -0.2) is 28.5 Å². The zero-order valence-electron chi connectivity index (χ0n) is 13.8. The maximum absolute atomic E-state index is 12.7. The molecule has 1 aromatic heterocycles. The van der Waals surface area contributed by atoms with Crippen LogP contribution in [0.4, 0.5) is 11.5 Å². The van der Waals surface area contributed by atoms with Gasteiger partial charge in [-0.1, -0.05) is 13.0 Å². The highest BCUT2D eigenvalue weighted by Crippen LogP contribution is 2.29. The average Bonchev–Trinajstić information content (AvgIpc) is 2.55. The van der Waals surface area contributed by atoms with E-state index in [2.05, 4.69) is 10.3 Å². The monoisotopic (exact) mass is 345 g/mol. The van der Waals surface area contributed by atoms with E-state index in [1.165, 1.54) is 23.9 Å². The third-order valence-electron chi connectivity index (χ3n) is 3.47. The maximum atomic E-state index is 12.7. The molecule has 0 amide bonds. The molecule has 0 saturated heterocycles. The average molecular weight is 345 g/mol. The van der Waals surface area contributed by atoms with E-state index in [4.69, 9.17) is 0 Å². The van der Waals surface area contributed by atoms with Gasteiger partial charge in [-0.25, -0.2) is 4.98 Å². The Hall–Kier alpha value is -2.41. The minimum Gasteiger partial charge on any atom is -0.373 e. The fourth-order valence-electron chi connectivity index (χ4n) is 2.39. The van der Waals surface area contributed by atoms with E-state index in [0.29, 0.717) is 16.3 Å². The highest BCUT2D eigenvalue weighted by atomic mass is 32.2. The SMILES string of the molecule is CCSc1cc([N+](=O)[O-])ccc1C(=O)Cc1cc(C)cnc1NC. The van der Waals surface area contributed by atoms with E-state index in [9.17, 15) is 14.9 Å². The normalized spacial score (nSPS) is 10.5. The van der Waals surface area contributed by atoms with E-state index in [-0.39, 0.29) is 17.9 Å². The number of hydrogen-bond acceptors (Lipinski definition) is 6. The molecular weight excluding hydrogens is 326 g/mol. The molecule has 0 aliphatic carbocycles. The van der Waals surface area contributed by atoms with E-state index in [1.54, 1.807) is 19.3 Å². The summed E-state index contributed by atoms with van der Waals surface area (Å²) in [4.78, 5) is 28.2. The molecule has 0 atom stereocenters. The highest BCUT2D eigenvalue weighted by molar-refractivity contribution is 7.99. The van der Waals surface area contributed by atoms with Crippen LogP contribution < -0.4 is 5.32 Å². The minimum absolute atomic E-state index is 0.00404. The second-order valence-electron chi connectivity index (χ2n) is 5.24. The quantitative estimate of drug-likeness (QED) is 0.355. The summed E-state index contributed by atoms with van der Waals surface area (Å²) in [5.41, 5.74) is 2.30. The molecule has 0 unspecified atom stereocenters. The number of aromatic nitrogens is 1. The highest BCUT2D eigenvalue weighted by Gasteiger charge is 2.18. The first-order chi connectivity index (χ1) is 11.5. The Labute approximate surface area is 144 Å². The number of thioether (sulfide) groups is 1. The lowest BCUT2D eigenvalue weighted by atomic mass is 10.0. The molecular formula is C17H19N3O3S. The lowest BCUT2D eigenvalue weighted by molar-refractivity contribution is -0.385. The van der Waals surface area contributed by atoms with Crippen molar-refractivity contribution in [2.75, 3.05) is 18.1 Å². The van der Waals surface area contributed by atoms with E-state index >= 15 is 0 Å². The van der Waals surface area contributed by atoms with Crippen molar-refractivity contribution in [3.63, 3.8) is 0 Å². The Morgan fingerprint density at radius 2 is 2.12 bits per heavy atom. The number of aryl methyl sites for hydroxylation is 1. The standard InChI is InChI=1S/C17H19N3O3S/c1-4-24-16-9-13(20(22)23)5-6-14(16)15(21)8-12-7-11(2)10-19-17(12)18-3/h5-7,9-10H,4,8H2,1-3H3,(H,18,19). The van der Waals surface area contributed by atoms with Crippen molar-refractivity contribution in [2.24, 2.45) is 0 Å². The van der Waals surface area contributed by atoms with Gasteiger partial charge >= 0.3 is 0 Å². The number of Topliss-reactive ketones (excluding diaryl/α,β-unsaturated/α-hetero) is 1. The molecule has 0 aliphatic heterocycles. The van der Waals surface area contributed by atoms with Crippen molar-refractivity contribution >= 4 is 29.1 Å². The number of ketones is 1. The van der Waals surface area contributed by atoms with Gasteiger partial charge < -0.3 is 5.32 Å². The van der Waals surface area contributed by atoms with Crippen molar-refractivity contribution in [3.8, 4) is 0 Å². The molecule has 1 heterocycles. The van der Waals surface area contributed by atoms with Crippen LogP contribution in [0.25, 0.3) is 0 Å². The Kier molecular flexibility index (Phi) is 5.92. The van der Waals surface area contributed by atoms with Gasteiger partial charge in [0.1, 0.15) is 5.82 Å². The number of carbonyl (C=O) groups excluding carboxylic acids is 1. The Bertz CT molecular complexity index is 778. The lowest BCUT2D eigenvalue weighted by Gasteiger charge is -2.11. The summed E-state index contributed by atoms with van der Waals surface area (Å²) in [6.07, 6.45) is 1.93. The predicted molar refractivity (Wildman–Crippen MR) is 96.0 cm³/mol. The molecule has 2 rings (SSSR count). The van der Waals surface area contributed by atoms with Gasteiger partial charge in [-0.15, -0.1) is 11.8 Å². The smallest absolute Gasteiger partial charge is 0.270 e. The maximum Gasteiger partial charge on any atom is 0.270 e. The molecule has 0 aliphatic rings. The zero-order valence-corrected chi connectivity index (χ0v) is 14.6. The number of rotatable bonds is 7. The summed E-state index contributed by atoms with van der Waals surface area (Å²) >= 11 is 1.43. The zero-order chi connectivity index (χ0) is 17.7. The molecule has 0 radical (unpaired) electrons. The molecule has 0 bridgehead atoms. The van der Waals surface area contributed by atoms with Crippen LogP contribution in [0.5, 0.6) is 0 Å². The fraction of sp³-hybridized carbons (Fsp3) is 0.294. The third kappa shape index (κ3) is 4.11. The molecule has 0 saturated carbocycles. The van der Waals surface area contributed by atoms with E-state index in [1.807, 2.05) is 19.9 Å². The number of benzene rings is 1. The number of anilines is 1. The summed E-state index contributed by atoms with van der Waals surface area (Å²) < 4.78 is 0. The van der Waals surface area contributed by atoms with Crippen LogP contribution in [0.15, 0.2) is 35.4 Å². The van der Waals surface area contributed by atoms with Gasteiger partial charge in [0.05, 0.1) is 4.92 Å². The van der Waals surface area contributed by atoms with Crippen LogP contribution in [-0.2, 0) is 6.42 Å². The van der Waals surface area contributed by atoms with Crippen molar-refractivity contribution in [1.29, 1.82) is 0 Å². The first-order valence-electron chi connectivity index (χ1n) is 7.54. The van der Waals surface area contributed by atoms with Gasteiger partial charge in [-0.05, 0) is 24.3 Å². The van der Waals surface area contributed by atoms with Crippen LogP contribution in [0.3, 0.4) is 0 Å². The Balaban J connectivity index is 2.36. The summed E-state index contributed by atoms with van der Waals surface area (Å²) in [7, 11) is 1.76. The number of nitro benzene ring substituents is 1. The van der Waals surface area contributed by atoms with Crippen LogP contribution in [0.1, 0.15) is 28.4 Å². The van der Waals surface area contributed by atoms with Crippen LogP contribution in [0, 0.1) is 17.0 Å². The van der Waals surface area contributed by atoms with E-state index in [0.717, 1.165) is 16.9 Å². The van der Waals surface area contributed by atoms with Gasteiger partial charge in [0.25, 0.3) is 5.69 Å². The summed E-state index contributed by atoms with van der Waals surface area (Å²) in [6, 6.07) is 6.31. The first kappa shape index (κ1) is 17.9. The Morgan fingerprint density at radius 3 is 2.75 bits per heavy atom. The van der Waals surface area contributed by atoms with E-state index < -0.39 is 4.92 Å². The number of pyridine rings is 1. The topological polar surface area (TPSA) is 85.1 Å². The number of carbonyl (C=O) groups is 1. The molecule has 7 heteroatoms. The number of non-ortho nitro benzene ring substituents is 1.